The highest BCUT2D eigenvalue weighted by atomic mass is 32.2. The molecule has 1 N–H and O–H groups in total. The van der Waals surface area contributed by atoms with E-state index in [-0.39, 0.29) is 22.8 Å². The van der Waals surface area contributed by atoms with Crippen LogP contribution in [0.15, 0.2) is 83.3 Å². The molecule has 0 saturated heterocycles. The minimum Gasteiger partial charge on any atom is -0.462 e. The molecule has 9 heteroatoms. The molecule has 0 fully saturated rings. The first-order valence-corrected chi connectivity index (χ1v) is 11.9. The lowest BCUT2D eigenvalue weighted by atomic mass is 10.1. The molecule has 0 aliphatic heterocycles. The van der Waals surface area contributed by atoms with Gasteiger partial charge in [-0.25, -0.2) is 4.79 Å². The molecule has 0 aliphatic carbocycles. The number of rotatable bonds is 8. The number of amides is 1. The van der Waals surface area contributed by atoms with Crippen LogP contribution in [-0.4, -0.2) is 26.9 Å². The molecular formula is C26H22N2O6S. The topological polar surface area (TPSA) is 123 Å². The fourth-order valence-electron chi connectivity index (χ4n) is 2.92. The van der Waals surface area contributed by atoms with E-state index in [0.29, 0.717) is 16.8 Å². The number of hydrogen-bond acceptors (Lipinski definition) is 7. The van der Waals surface area contributed by atoms with Gasteiger partial charge in [0, 0.05) is 5.69 Å². The smallest absolute Gasteiger partial charge is 0.339 e. The van der Waals surface area contributed by atoms with E-state index in [2.05, 4.69) is 5.32 Å². The lowest BCUT2D eigenvalue weighted by Crippen LogP contribution is -2.13. The molecule has 35 heavy (non-hydrogen) atoms. The Morgan fingerprint density at radius 1 is 0.971 bits per heavy atom. The second-order valence-corrected chi connectivity index (χ2v) is 8.89. The van der Waals surface area contributed by atoms with Gasteiger partial charge in [0.25, 0.3) is 5.91 Å². The molecular weight excluding hydrogens is 468 g/mol. The van der Waals surface area contributed by atoms with Crippen molar-refractivity contribution in [2.45, 2.75) is 18.7 Å². The quantitative estimate of drug-likeness (QED) is 0.214. The number of benzene rings is 3. The zero-order valence-electron chi connectivity index (χ0n) is 19.0. The van der Waals surface area contributed by atoms with Crippen LogP contribution in [0.1, 0.15) is 28.4 Å². The maximum atomic E-state index is 12.5. The van der Waals surface area contributed by atoms with Gasteiger partial charge < -0.3 is 14.2 Å². The summed E-state index contributed by atoms with van der Waals surface area (Å²) >= 11 is 0. The number of anilines is 1. The highest BCUT2D eigenvalue weighted by Gasteiger charge is 2.16. The third-order valence-corrected chi connectivity index (χ3v) is 5.99. The summed E-state index contributed by atoms with van der Waals surface area (Å²) in [6.07, 6.45) is 1.36. The van der Waals surface area contributed by atoms with E-state index in [1.165, 1.54) is 66.7 Å². The standard InChI is InChI=1S/C26H22N2O6S/c1-3-33-26(30)20-8-10-22(11-9-20)28-25(29)21(17-27)16-19-6-12-23(13-7-19)34-35(31,32)24-14-4-18(2)5-15-24/h4-16H,3H2,1-2H3,(H,28,29)/b21-16+. The van der Waals surface area contributed by atoms with Gasteiger partial charge in [-0.15, -0.1) is 0 Å². The van der Waals surface area contributed by atoms with Crippen LogP contribution in [0.4, 0.5) is 5.69 Å². The molecule has 0 saturated carbocycles. The minimum absolute atomic E-state index is 0.0331. The number of aryl methyl sites for hydroxylation is 1. The lowest BCUT2D eigenvalue weighted by molar-refractivity contribution is -0.112. The molecule has 0 aliphatic rings. The summed E-state index contributed by atoms with van der Waals surface area (Å²) in [7, 11) is -3.99. The molecule has 0 radical (unpaired) electrons. The number of carbonyl (C=O) groups excluding carboxylic acids is 2. The van der Waals surface area contributed by atoms with E-state index in [4.69, 9.17) is 8.92 Å². The minimum atomic E-state index is -3.99. The molecule has 0 atom stereocenters. The third-order valence-electron chi connectivity index (χ3n) is 4.73. The summed E-state index contributed by atoms with van der Waals surface area (Å²) in [6, 6.07) is 20.1. The molecule has 0 aromatic heterocycles. The van der Waals surface area contributed by atoms with Crippen molar-refractivity contribution in [1.29, 1.82) is 5.26 Å². The lowest BCUT2D eigenvalue weighted by Gasteiger charge is -2.08. The van der Waals surface area contributed by atoms with E-state index in [1.54, 1.807) is 19.1 Å². The van der Waals surface area contributed by atoms with Crippen LogP contribution in [0, 0.1) is 18.3 Å². The highest BCUT2D eigenvalue weighted by molar-refractivity contribution is 7.87. The average Bonchev–Trinajstić information content (AvgIpc) is 2.84. The second-order valence-electron chi connectivity index (χ2n) is 7.34. The van der Waals surface area contributed by atoms with Crippen molar-refractivity contribution in [3.05, 3.63) is 95.1 Å². The number of nitrogens with zero attached hydrogens (tertiary/aromatic N) is 1. The van der Waals surface area contributed by atoms with E-state index in [1.807, 2.05) is 13.0 Å². The van der Waals surface area contributed by atoms with E-state index in [0.717, 1.165) is 5.56 Å². The van der Waals surface area contributed by atoms with Gasteiger partial charge in [0.2, 0.25) is 0 Å². The number of hydrogen-bond donors (Lipinski definition) is 1. The summed E-state index contributed by atoms with van der Waals surface area (Å²) in [5.74, 6) is -1.02. The molecule has 0 heterocycles. The first-order valence-electron chi connectivity index (χ1n) is 10.5. The molecule has 3 rings (SSSR count). The van der Waals surface area contributed by atoms with Crippen molar-refractivity contribution in [3.8, 4) is 11.8 Å². The van der Waals surface area contributed by atoms with Crippen LogP contribution in [-0.2, 0) is 19.6 Å². The fraction of sp³-hybridized carbons (Fsp3) is 0.115. The van der Waals surface area contributed by atoms with Crippen LogP contribution in [0.25, 0.3) is 6.08 Å². The molecule has 3 aromatic rings. The summed E-state index contributed by atoms with van der Waals surface area (Å²) in [5, 5.41) is 12.0. The van der Waals surface area contributed by atoms with Crippen molar-refractivity contribution < 1.29 is 26.9 Å². The maximum Gasteiger partial charge on any atom is 0.339 e. The Labute approximate surface area is 203 Å². The molecule has 178 valence electrons. The Bertz CT molecular complexity index is 1390. The van der Waals surface area contributed by atoms with E-state index in [9.17, 15) is 23.3 Å². The summed E-state index contributed by atoms with van der Waals surface area (Å²) in [5.41, 5.74) is 1.99. The van der Waals surface area contributed by atoms with Gasteiger partial charge in [-0.3, -0.25) is 4.79 Å². The summed E-state index contributed by atoms with van der Waals surface area (Å²) in [4.78, 5) is 24.3. The molecule has 1 amide bonds. The Morgan fingerprint density at radius 2 is 1.60 bits per heavy atom. The van der Waals surface area contributed by atoms with Gasteiger partial charge >= 0.3 is 16.1 Å². The van der Waals surface area contributed by atoms with E-state index < -0.39 is 22.0 Å². The van der Waals surface area contributed by atoms with Crippen molar-refractivity contribution in [2.75, 3.05) is 11.9 Å². The Kier molecular flexibility index (Phi) is 8.02. The molecule has 0 spiro atoms. The third kappa shape index (κ3) is 6.79. The first kappa shape index (κ1) is 25.2. The van der Waals surface area contributed by atoms with Crippen molar-refractivity contribution >= 4 is 33.8 Å². The van der Waals surface area contributed by atoms with Crippen LogP contribution in [0.3, 0.4) is 0 Å². The monoisotopic (exact) mass is 490 g/mol. The average molecular weight is 491 g/mol. The van der Waals surface area contributed by atoms with Crippen LogP contribution in [0.2, 0.25) is 0 Å². The van der Waals surface area contributed by atoms with Gasteiger partial charge in [0.1, 0.15) is 22.3 Å². The number of esters is 1. The zero-order chi connectivity index (χ0) is 25.4. The fourth-order valence-corrected chi connectivity index (χ4v) is 3.85. The number of nitriles is 1. The van der Waals surface area contributed by atoms with E-state index >= 15 is 0 Å². The SMILES string of the molecule is CCOC(=O)c1ccc(NC(=O)/C(C#N)=C/c2ccc(OS(=O)(=O)c3ccc(C)cc3)cc2)cc1. The number of ether oxygens (including phenoxy) is 1. The Balaban J connectivity index is 1.68. The molecule has 0 unspecified atom stereocenters. The Morgan fingerprint density at radius 3 is 2.17 bits per heavy atom. The van der Waals surface area contributed by atoms with Crippen LogP contribution >= 0.6 is 0 Å². The molecule has 0 bridgehead atoms. The predicted molar refractivity (Wildman–Crippen MR) is 130 cm³/mol. The largest absolute Gasteiger partial charge is 0.462 e. The summed E-state index contributed by atoms with van der Waals surface area (Å²) < 4.78 is 34.9. The van der Waals surface area contributed by atoms with Crippen molar-refractivity contribution in [1.82, 2.24) is 0 Å². The van der Waals surface area contributed by atoms with Gasteiger partial charge in [0.05, 0.1) is 12.2 Å². The first-order chi connectivity index (χ1) is 16.7. The zero-order valence-corrected chi connectivity index (χ0v) is 19.8. The molecule has 3 aromatic carbocycles. The highest BCUT2D eigenvalue weighted by Crippen LogP contribution is 2.21. The van der Waals surface area contributed by atoms with Gasteiger partial charge in [-0.1, -0.05) is 29.8 Å². The van der Waals surface area contributed by atoms with Gasteiger partial charge in [-0.2, -0.15) is 13.7 Å². The van der Waals surface area contributed by atoms with Gasteiger partial charge in [0.15, 0.2) is 0 Å². The molecule has 8 nitrogen and oxygen atoms in total. The number of nitrogens with one attached hydrogen (secondary N) is 1. The predicted octanol–water partition coefficient (Wildman–Crippen LogP) is 4.49. The Hall–Kier alpha value is -4.42. The number of carbonyl (C=O) groups is 2. The van der Waals surface area contributed by atoms with Crippen molar-refractivity contribution in [2.24, 2.45) is 0 Å². The van der Waals surface area contributed by atoms with Crippen LogP contribution in [0.5, 0.6) is 5.75 Å². The summed E-state index contributed by atoms with van der Waals surface area (Å²) in [6.45, 7) is 3.81. The normalized spacial score (nSPS) is 11.3. The van der Waals surface area contributed by atoms with Crippen molar-refractivity contribution in [3.63, 3.8) is 0 Å². The van der Waals surface area contributed by atoms with Crippen LogP contribution < -0.4 is 9.50 Å². The maximum absolute atomic E-state index is 12.5. The second kappa shape index (κ2) is 11.1. The van der Waals surface area contributed by atoms with Gasteiger partial charge in [-0.05, 0) is 74.0 Å².